The number of hydrogen-bond donors (Lipinski definition) is 1. The molecule has 0 amide bonds. The average Bonchev–Trinajstić information content (AvgIpc) is 2.16. The van der Waals surface area contributed by atoms with Crippen molar-refractivity contribution in [3.8, 4) is 0 Å². The van der Waals surface area contributed by atoms with Crippen LogP contribution >= 0.6 is 0 Å². The Hall–Kier alpha value is -0.930. The van der Waals surface area contributed by atoms with E-state index in [0.717, 1.165) is 25.2 Å². The molecule has 1 rings (SSSR count). The molecule has 0 unspecified atom stereocenters. The Bertz CT molecular complexity index is 226. The number of aromatic nitrogens is 1. The van der Waals surface area contributed by atoms with Crippen molar-refractivity contribution >= 4 is 0 Å². The largest absolute Gasteiger partial charge is 0.396 e. The van der Waals surface area contributed by atoms with Crippen LogP contribution in [-0.4, -0.2) is 35.2 Å². The third kappa shape index (κ3) is 4.01. The van der Waals surface area contributed by atoms with Crippen LogP contribution in [0.2, 0.25) is 0 Å². The molecule has 0 aliphatic rings. The van der Waals surface area contributed by atoms with E-state index >= 15 is 0 Å². The number of hydrogen-bond acceptors (Lipinski definition) is 3. The van der Waals surface area contributed by atoms with Crippen LogP contribution in [0.3, 0.4) is 0 Å². The normalized spacial score (nSPS) is 10.7. The van der Waals surface area contributed by atoms with Crippen molar-refractivity contribution in [3.05, 3.63) is 30.1 Å². The molecule has 13 heavy (non-hydrogen) atoms. The molecule has 1 aromatic heterocycles. The summed E-state index contributed by atoms with van der Waals surface area (Å²) in [4.78, 5) is 6.37. The summed E-state index contributed by atoms with van der Waals surface area (Å²) >= 11 is 0. The molecule has 0 bridgehead atoms. The molecule has 0 fully saturated rings. The summed E-state index contributed by atoms with van der Waals surface area (Å²) in [5, 5.41) is 8.64. The SMILES string of the molecule is CN(CCCO)Cc1ccccn1. The highest BCUT2D eigenvalue weighted by Crippen LogP contribution is 1.98. The molecule has 3 nitrogen and oxygen atoms in total. The molecular formula is C10H16N2O. The lowest BCUT2D eigenvalue weighted by Crippen LogP contribution is -2.20. The molecule has 0 saturated heterocycles. The Kier molecular flexibility index (Phi) is 4.43. The Morgan fingerprint density at radius 3 is 2.92 bits per heavy atom. The zero-order valence-corrected chi connectivity index (χ0v) is 7.98. The fourth-order valence-corrected chi connectivity index (χ4v) is 1.19. The van der Waals surface area contributed by atoms with E-state index in [0.29, 0.717) is 0 Å². The van der Waals surface area contributed by atoms with Crippen molar-refractivity contribution in [2.24, 2.45) is 0 Å². The van der Waals surface area contributed by atoms with Crippen LogP contribution in [-0.2, 0) is 6.54 Å². The highest BCUT2D eigenvalue weighted by molar-refractivity contribution is 5.02. The van der Waals surface area contributed by atoms with Gasteiger partial charge in [-0.1, -0.05) is 6.07 Å². The summed E-state index contributed by atoms with van der Waals surface area (Å²) in [5.74, 6) is 0. The van der Waals surface area contributed by atoms with Gasteiger partial charge in [-0.15, -0.1) is 0 Å². The zero-order chi connectivity index (χ0) is 9.52. The number of aliphatic hydroxyl groups is 1. The first-order chi connectivity index (χ1) is 6.33. The summed E-state index contributed by atoms with van der Waals surface area (Å²) in [5.41, 5.74) is 1.07. The van der Waals surface area contributed by atoms with Crippen LogP contribution in [0, 0.1) is 0 Å². The van der Waals surface area contributed by atoms with Crippen molar-refractivity contribution in [1.29, 1.82) is 0 Å². The summed E-state index contributed by atoms with van der Waals surface area (Å²) < 4.78 is 0. The minimum Gasteiger partial charge on any atom is -0.396 e. The highest BCUT2D eigenvalue weighted by Gasteiger charge is 1.99. The van der Waals surface area contributed by atoms with Crippen LogP contribution in [0.25, 0.3) is 0 Å². The standard InChI is InChI=1S/C10H16N2O/c1-12(7-4-8-13)9-10-5-2-3-6-11-10/h2-3,5-6,13H,4,7-9H2,1H3. The van der Waals surface area contributed by atoms with E-state index < -0.39 is 0 Å². The number of pyridine rings is 1. The molecule has 72 valence electrons. The molecule has 0 radical (unpaired) electrons. The van der Waals surface area contributed by atoms with Gasteiger partial charge < -0.3 is 10.0 Å². The Morgan fingerprint density at radius 2 is 2.31 bits per heavy atom. The molecule has 0 atom stereocenters. The first kappa shape index (κ1) is 10.2. The molecule has 1 heterocycles. The fourth-order valence-electron chi connectivity index (χ4n) is 1.19. The monoisotopic (exact) mass is 180 g/mol. The average molecular weight is 180 g/mol. The molecule has 1 aromatic rings. The quantitative estimate of drug-likeness (QED) is 0.731. The van der Waals surface area contributed by atoms with Crippen LogP contribution in [0.15, 0.2) is 24.4 Å². The maximum absolute atomic E-state index is 8.64. The number of nitrogens with zero attached hydrogens (tertiary/aromatic N) is 2. The second-order valence-electron chi connectivity index (χ2n) is 3.14. The van der Waals surface area contributed by atoms with E-state index in [2.05, 4.69) is 9.88 Å². The second kappa shape index (κ2) is 5.67. The third-order valence-corrected chi connectivity index (χ3v) is 1.86. The Morgan fingerprint density at radius 1 is 1.46 bits per heavy atom. The third-order valence-electron chi connectivity index (χ3n) is 1.86. The van der Waals surface area contributed by atoms with E-state index in [1.165, 1.54) is 0 Å². The predicted octanol–water partition coefficient (Wildman–Crippen LogP) is 0.896. The first-order valence-corrected chi connectivity index (χ1v) is 4.52. The molecule has 0 saturated carbocycles. The van der Waals surface area contributed by atoms with Gasteiger partial charge in [-0.2, -0.15) is 0 Å². The van der Waals surface area contributed by atoms with Crippen LogP contribution in [0.1, 0.15) is 12.1 Å². The van der Waals surface area contributed by atoms with E-state index in [1.54, 1.807) is 6.20 Å². The van der Waals surface area contributed by atoms with Gasteiger partial charge in [-0.05, 0) is 25.6 Å². The number of rotatable bonds is 5. The predicted molar refractivity (Wildman–Crippen MR) is 52.3 cm³/mol. The molecule has 3 heteroatoms. The first-order valence-electron chi connectivity index (χ1n) is 4.52. The van der Waals surface area contributed by atoms with Crippen molar-refractivity contribution in [2.75, 3.05) is 20.2 Å². The van der Waals surface area contributed by atoms with Gasteiger partial charge in [0, 0.05) is 25.9 Å². The smallest absolute Gasteiger partial charge is 0.0543 e. The second-order valence-corrected chi connectivity index (χ2v) is 3.14. The Balaban J connectivity index is 2.32. The number of aliphatic hydroxyl groups excluding tert-OH is 1. The molecule has 1 N–H and O–H groups in total. The van der Waals surface area contributed by atoms with Gasteiger partial charge in [0.15, 0.2) is 0 Å². The highest BCUT2D eigenvalue weighted by atomic mass is 16.3. The van der Waals surface area contributed by atoms with E-state index in [-0.39, 0.29) is 6.61 Å². The van der Waals surface area contributed by atoms with Crippen LogP contribution in [0.4, 0.5) is 0 Å². The molecular weight excluding hydrogens is 164 g/mol. The van der Waals surface area contributed by atoms with Gasteiger partial charge in [0.1, 0.15) is 0 Å². The zero-order valence-electron chi connectivity index (χ0n) is 7.98. The van der Waals surface area contributed by atoms with Gasteiger partial charge in [0.2, 0.25) is 0 Å². The van der Waals surface area contributed by atoms with Gasteiger partial charge in [0.05, 0.1) is 5.69 Å². The topological polar surface area (TPSA) is 36.4 Å². The van der Waals surface area contributed by atoms with Gasteiger partial charge >= 0.3 is 0 Å². The van der Waals surface area contributed by atoms with Gasteiger partial charge in [0.25, 0.3) is 0 Å². The van der Waals surface area contributed by atoms with Crippen molar-refractivity contribution in [1.82, 2.24) is 9.88 Å². The van der Waals surface area contributed by atoms with E-state index in [4.69, 9.17) is 5.11 Å². The van der Waals surface area contributed by atoms with Gasteiger partial charge in [-0.25, -0.2) is 0 Å². The summed E-state index contributed by atoms with van der Waals surface area (Å²) in [7, 11) is 2.03. The van der Waals surface area contributed by atoms with Crippen molar-refractivity contribution in [2.45, 2.75) is 13.0 Å². The lowest BCUT2D eigenvalue weighted by molar-refractivity contribution is 0.243. The van der Waals surface area contributed by atoms with Crippen molar-refractivity contribution in [3.63, 3.8) is 0 Å². The van der Waals surface area contributed by atoms with E-state index in [1.807, 2.05) is 25.2 Å². The van der Waals surface area contributed by atoms with E-state index in [9.17, 15) is 0 Å². The summed E-state index contributed by atoms with van der Waals surface area (Å²) in [6.07, 6.45) is 2.62. The molecule has 0 aromatic carbocycles. The molecule has 0 spiro atoms. The molecule has 0 aliphatic heterocycles. The maximum Gasteiger partial charge on any atom is 0.0543 e. The lowest BCUT2D eigenvalue weighted by atomic mass is 10.3. The minimum atomic E-state index is 0.257. The van der Waals surface area contributed by atoms with Crippen molar-refractivity contribution < 1.29 is 5.11 Å². The Labute approximate surface area is 79.0 Å². The minimum absolute atomic E-state index is 0.257. The van der Waals surface area contributed by atoms with Gasteiger partial charge in [-0.3, -0.25) is 4.98 Å². The molecule has 0 aliphatic carbocycles. The van der Waals surface area contributed by atoms with Crippen LogP contribution in [0.5, 0.6) is 0 Å². The summed E-state index contributed by atoms with van der Waals surface area (Å²) in [6.45, 7) is 2.01. The van der Waals surface area contributed by atoms with Crippen LogP contribution < -0.4 is 0 Å². The lowest BCUT2D eigenvalue weighted by Gasteiger charge is -2.14. The summed E-state index contributed by atoms with van der Waals surface area (Å²) in [6, 6.07) is 5.91. The fraction of sp³-hybridized carbons (Fsp3) is 0.500. The maximum atomic E-state index is 8.64.